The van der Waals surface area contributed by atoms with Crippen molar-refractivity contribution in [2.75, 3.05) is 13.9 Å². The van der Waals surface area contributed by atoms with Crippen LogP contribution in [0.15, 0.2) is 29.1 Å². The average Bonchev–Trinajstić information content (AvgIpc) is 2.48. The van der Waals surface area contributed by atoms with Gasteiger partial charge in [-0.25, -0.2) is 0 Å². The third-order valence-electron chi connectivity index (χ3n) is 2.91. The molecule has 7 heteroatoms. The van der Waals surface area contributed by atoms with Crippen LogP contribution in [0, 0.1) is 6.07 Å². The minimum absolute atomic E-state index is 0. The van der Waals surface area contributed by atoms with E-state index in [1.165, 1.54) is 10.6 Å². The molecule has 22 heavy (non-hydrogen) atoms. The smallest absolute Gasteiger partial charge is 0.212 e. The maximum atomic E-state index is 12.0. The van der Waals surface area contributed by atoms with E-state index in [-0.39, 0.29) is 50.1 Å². The fourth-order valence-corrected chi connectivity index (χ4v) is 2.35. The molecule has 0 aliphatic rings. The van der Waals surface area contributed by atoms with Crippen molar-refractivity contribution in [1.29, 1.82) is 0 Å². The Balaban J connectivity index is 0.00000242. The van der Waals surface area contributed by atoms with Crippen LogP contribution in [0.3, 0.4) is 0 Å². The van der Waals surface area contributed by atoms with E-state index in [4.69, 9.17) is 32.7 Å². The molecule has 4 nitrogen and oxygen atoms in total. The summed E-state index contributed by atoms with van der Waals surface area (Å²) in [5, 5.41) is 0.598. The van der Waals surface area contributed by atoms with Gasteiger partial charge >= 0.3 is 0 Å². The van der Waals surface area contributed by atoms with Crippen LogP contribution in [0.25, 0.3) is 11.3 Å². The minimum atomic E-state index is -0.260. The van der Waals surface area contributed by atoms with Crippen molar-refractivity contribution in [3.63, 3.8) is 0 Å². The second-order valence-corrected chi connectivity index (χ2v) is 5.04. The first-order valence-corrected chi connectivity index (χ1v) is 7.06. The van der Waals surface area contributed by atoms with Crippen molar-refractivity contribution in [2.45, 2.75) is 13.5 Å². The molecule has 0 bridgehead atoms. The fraction of sp³-hybridized carbons (Fsp3) is 0.267. The Morgan fingerprint density at radius 3 is 2.59 bits per heavy atom. The third kappa shape index (κ3) is 4.33. The summed E-state index contributed by atoms with van der Waals surface area (Å²) in [4.78, 5) is 12.0. The van der Waals surface area contributed by atoms with E-state index in [0.717, 1.165) is 0 Å². The topological polar surface area (TPSA) is 40.5 Å². The van der Waals surface area contributed by atoms with Crippen molar-refractivity contribution in [1.82, 2.24) is 4.57 Å². The van der Waals surface area contributed by atoms with Gasteiger partial charge in [0.15, 0.2) is 6.79 Å². The summed E-state index contributed by atoms with van der Waals surface area (Å²) in [5.41, 5.74) is 1.02. The number of nitrogens with zero attached hydrogens (tertiary/aromatic N) is 1. The Kier molecular flexibility index (Phi) is 8.08. The molecule has 0 unspecified atom stereocenters. The second-order valence-electron chi connectivity index (χ2n) is 4.23. The first-order chi connectivity index (χ1) is 10.1. The van der Waals surface area contributed by atoms with Gasteiger partial charge in [-0.3, -0.25) is 4.79 Å². The van der Waals surface area contributed by atoms with Crippen LogP contribution in [-0.2, 0) is 44.0 Å². The van der Waals surface area contributed by atoms with Crippen LogP contribution < -0.4 is 10.3 Å². The normalized spacial score (nSPS) is 10.2. The van der Waals surface area contributed by atoms with E-state index < -0.39 is 0 Å². The van der Waals surface area contributed by atoms with E-state index in [1.54, 1.807) is 25.3 Å². The molecule has 2 aromatic rings. The zero-order valence-electron chi connectivity index (χ0n) is 12.2. The zero-order chi connectivity index (χ0) is 15.4. The van der Waals surface area contributed by atoms with E-state index in [2.05, 4.69) is 6.07 Å². The van der Waals surface area contributed by atoms with Crippen LogP contribution in [0.4, 0.5) is 0 Å². The molecule has 1 radical (unpaired) electrons. The fourth-order valence-electron chi connectivity index (χ4n) is 1.93. The van der Waals surface area contributed by atoms with Gasteiger partial charge in [0.25, 0.3) is 0 Å². The molecule has 0 saturated carbocycles. The van der Waals surface area contributed by atoms with Gasteiger partial charge in [-0.15, -0.1) is 6.07 Å². The monoisotopic (exact) mass is 415 g/mol. The quantitative estimate of drug-likeness (QED) is 0.553. The molecule has 115 valence electrons. The number of hydrogen-bond donors (Lipinski definition) is 0. The standard InChI is InChI=1S/C15H14Cl2NO3.Y/c1-3-18-14(7-6-12(16)15(18)19)11-5-4-10(8-13(11)17)21-9-20-2;/h4-6,8H,3,9H2,1-2H3;/q-1;. The van der Waals surface area contributed by atoms with Crippen LogP contribution in [-0.4, -0.2) is 18.5 Å². The Morgan fingerprint density at radius 2 is 2.00 bits per heavy atom. The molecular weight excluding hydrogens is 402 g/mol. The summed E-state index contributed by atoms with van der Waals surface area (Å²) >= 11 is 12.1. The van der Waals surface area contributed by atoms with Gasteiger partial charge < -0.3 is 14.0 Å². The predicted octanol–water partition coefficient (Wildman–Crippen LogP) is 3.62. The van der Waals surface area contributed by atoms with Gasteiger partial charge in [0, 0.05) is 51.4 Å². The van der Waals surface area contributed by atoms with Crippen LogP contribution >= 0.6 is 23.2 Å². The van der Waals surface area contributed by atoms with Gasteiger partial charge in [0.05, 0.1) is 0 Å². The van der Waals surface area contributed by atoms with E-state index in [1.807, 2.05) is 6.92 Å². The molecule has 0 atom stereocenters. The number of rotatable bonds is 5. The first-order valence-electron chi connectivity index (χ1n) is 6.31. The van der Waals surface area contributed by atoms with Gasteiger partial charge in [-0.1, -0.05) is 22.9 Å². The number of ether oxygens (including phenoxy) is 2. The van der Waals surface area contributed by atoms with E-state index in [9.17, 15) is 4.79 Å². The minimum Gasteiger partial charge on any atom is -0.468 e. The van der Waals surface area contributed by atoms with Crippen molar-refractivity contribution in [3.05, 3.63) is 50.7 Å². The predicted molar refractivity (Wildman–Crippen MR) is 83.2 cm³/mol. The average molecular weight is 416 g/mol. The molecule has 0 spiro atoms. The van der Waals surface area contributed by atoms with Crippen molar-refractivity contribution >= 4 is 23.2 Å². The maximum Gasteiger partial charge on any atom is 0.212 e. The summed E-state index contributed by atoms with van der Waals surface area (Å²) < 4.78 is 11.7. The molecule has 2 rings (SSSR count). The summed E-state index contributed by atoms with van der Waals surface area (Å²) in [7, 11) is 1.54. The molecule has 1 heterocycles. The maximum absolute atomic E-state index is 12.0. The Bertz CT molecular complexity index is 704. The molecule has 1 aromatic heterocycles. The largest absolute Gasteiger partial charge is 0.468 e. The Morgan fingerprint density at radius 1 is 1.27 bits per heavy atom. The van der Waals surface area contributed by atoms with Crippen molar-refractivity contribution in [2.24, 2.45) is 0 Å². The molecule has 0 amide bonds. The molecule has 0 saturated heterocycles. The summed E-state index contributed by atoms with van der Waals surface area (Å²) in [5.74, 6) is 0.588. The Hall–Kier alpha value is -0.386. The zero-order valence-corrected chi connectivity index (χ0v) is 16.6. The molecule has 0 aliphatic heterocycles. The number of halogens is 2. The number of methoxy groups -OCH3 is 1. The summed E-state index contributed by atoms with van der Waals surface area (Å²) in [6, 6.07) is 9.66. The van der Waals surface area contributed by atoms with Crippen LogP contribution in [0.5, 0.6) is 5.75 Å². The first kappa shape index (κ1) is 19.7. The van der Waals surface area contributed by atoms with Crippen molar-refractivity contribution < 1.29 is 42.2 Å². The molecular formula is C15H14Cl2NO3Y-. The number of aromatic nitrogens is 1. The molecule has 0 N–H and O–H groups in total. The van der Waals surface area contributed by atoms with E-state index in [0.29, 0.717) is 28.6 Å². The summed E-state index contributed by atoms with van der Waals surface area (Å²) in [6.07, 6.45) is 0. The number of pyridine rings is 1. The van der Waals surface area contributed by atoms with E-state index >= 15 is 0 Å². The number of hydrogen-bond acceptors (Lipinski definition) is 3. The second kappa shape index (κ2) is 9.04. The SMILES string of the molecule is CCn1c(-c2ccc(OCOC)cc2Cl)[c-]cc(Cl)c1=O.[Y]. The third-order valence-corrected chi connectivity index (χ3v) is 3.49. The summed E-state index contributed by atoms with van der Waals surface area (Å²) in [6.45, 7) is 2.48. The van der Waals surface area contributed by atoms with Crippen molar-refractivity contribution in [3.8, 4) is 17.0 Å². The Labute approximate surface area is 164 Å². The molecule has 0 aliphatic carbocycles. The van der Waals surface area contributed by atoms with Gasteiger partial charge in [-0.05, 0) is 24.1 Å². The van der Waals surface area contributed by atoms with Crippen LogP contribution in [0.2, 0.25) is 10.0 Å². The van der Waals surface area contributed by atoms with Gasteiger partial charge in [0.2, 0.25) is 5.56 Å². The van der Waals surface area contributed by atoms with Gasteiger partial charge in [0.1, 0.15) is 5.75 Å². The van der Waals surface area contributed by atoms with Crippen LogP contribution in [0.1, 0.15) is 6.92 Å². The van der Waals surface area contributed by atoms with Gasteiger partial charge in [-0.2, -0.15) is 23.7 Å². The molecule has 1 aromatic carbocycles. The number of benzene rings is 1. The molecule has 0 fully saturated rings.